The third-order valence-corrected chi connectivity index (χ3v) is 5.77. The Hall–Kier alpha value is -3.68. The number of halogens is 1. The van der Waals surface area contributed by atoms with Gasteiger partial charge in [0.1, 0.15) is 5.75 Å². The van der Waals surface area contributed by atoms with E-state index in [9.17, 15) is 4.79 Å². The van der Waals surface area contributed by atoms with E-state index in [4.69, 9.17) is 30.5 Å². The zero-order valence-electron chi connectivity index (χ0n) is 20.1. The van der Waals surface area contributed by atoms with Crippen LogP contribution >= 0.6 is 11.6 Å². The maximum atomic E-state index is 12.2. The van der Waals surface area contributed by atoms with Crippen molar-refractivity contribution in [2.45, 2.75) is 18.9 Å². The van der Waals surface area contributed by atoms with Gasteiger partial charge in [0.05, 0.1) is 31.7 Å². The zero-order chi connectivity index (χ0) is 25.3. The molecule has 0 spiro atoms. The first-order valence-corrected chi connectivity index (χ1v) is 12.0. The highest BCUT2D eigenvalue weighted by Gasteiger charge is 2.21. The number of methoxy groups -OCH3 is 2. The first-order chi connectivity index (χ1) is 17.6. The summed E-state index contributed by atoms with van der Waals surface area (Å²) in [6, 6.07) is 22.3. The normalized spacial score (nSPS) is 11.8. The molecular formula is C28H27ClN2O5. The van der Waals surface area contributed by atoms with Gasteiger partial charge >= 0.3 is 5.97 Å². The quantitative estimate of drug-likeness (QED) is 0.181. The van der Waals surface area contributed by atoms with E-state index in [2.05, 4.69) is 9.97 Å². The Balaban J connectivity index is 1.42. The van der Waals surface area contributed by atoms with Crippen LogP contribution in [0.25, 0.3) is 22.3 Å². The van der Waals surface area contributed by atoms with Crippen LogP contribution in [0, 0.1) is 0 Å². The lowest BCUT2D eigenvalue weighted by molar-refractivity contribution is -0.154. The van der Waals surface area contributed by atoms with Gasteiger partial charge < -0.3 is 18.9 Å². The van der Waals surface area contributed by atoms with Crippen LogP contribution < -0.4 is 9.47 Å². The molecule has 4 aromatic rings. The molecule has 0 bridgehead atoms. The average molecular weight is 507 g/mol. The SMILES string of the molecule is COC(=O)C(OCCCCOc1nc(-c2cccc(Cl)c2)nc2ccc(OC)cc12)c1ccccc1. The highest BCUT2D eigenvalue weighted by molar-refractivity contribution is 6.30. The first-order valence-electron chi connectivity index (χ1n) is 11.6. The third kappa shape index (κ3) is 6.30. The van der Waals surface area contributed by atoms with Gasteiger partial charge in [0, 0.05) is 17.2 Å². The molecule has 1 unspecified atom stereocenters. The van der Waals surface area contributed by atoms with Crippen LogP contribution in [0.15, 0.2) is 72.8 Å². The highest BCUT2D eigenvalue weighted by atomic mass is 35.5. The van der Waals surface area contributed by atoms with Gasteiger partial charge in [0.25, 0.3) is 0 Å². The summed E-state index contributed by atoms with van der Waals surface area (Å²) in [6.07, 6.45) is 0.633. The lowest BCUT2D eigenvalue weighted by Gasteiger charge is -2.16. The summed E-state index contributed by atoms with van der Waals surface area (Å²) in [5, 5.41) is 1.36. The minimum absolute atomic E-state index is 0.379. The van der Waals surface area contributed by atoms with Crippen LogP contribution in [0.2, 0.25) is 5.02 Å². The Kier molecular flexibility index (Phi) is 8.71. The number of rotatable bonds is 11. The molecule has 36 heavy (non-hydrogen) atoms. The van der Waals surface area contributed by atoms with Gasteiger partial charge in [0.2, 0.25) is 5.88 Å². The lowest BCUT2D eigenvalue weighted by atomic mass is 10.1. The fraction of sp³-hybridized carbons (Fsp3) is 0.250. The molecule has 4 rings (SSSR count). The fourth-order valence-electron chi connectivity index (χ4n) is 3.68. The van der Waals surface area contributed by atoms with Crippen LogP contribution in [0.1, 0.15) is 24.5 Å². The molecule has 0 aliphatic rings. The molecule has 0 N–H and O–H groups in total. The molecule has 1 aromatic heterocycles. The van der Waals surface area contributed by atoms with Crippen LogP contribution in [0.3, 0.4) is 0 Å². The molecule has 0 radical (unpaired) electrons. The molecular weight excluding hydrogens is 480 g/mol. The standard InChI is InChI=1S/C28H27ClN2O5/c1-33-22-13-14-24-23(18-22)27(31-26(30-24)20-11-8-12-21(29)17-20)36-16-7-6-15-35-25(28(32)34-2)19-9-4-3-5-10-19/h3-5,8-14,17-18,25H,6-7,15-16H2,1-2H3. The largest absolute Gasteiger partial charge is 0.497 e. The Morgan fingerprint density at radius 2 is 1.72 bits per heavy atom. The minimum Gasteiger partial charge on any atom is -0.497 e. The van der Waals surface area contributed by atoms with Crippen LogP contribution in [0.5, 0.6) is 11.6 Å². The topological polar surface area (TPSA) is 79.8 Å². The maximum absolute atomic E-state index is 12.2. The van der Waals surface area contributed by atoms with E-state index < -0.39 is 12.1 Å². The van der Waals surface area contributed by atoms with Crippen molar-refractivity contribution in [3.63, 3.8) is 0 Å². The highest BCUT2D eigenvalue weighted by Crippen LogP contribution is 2.30. The molecule has 1 atom stereocenters. The monoisotopic (exact) mass is 506 g/mol. The number of fused-ring (bicyclic) bond motifs is 1. The average Bonchev–Trinajstić information content (AvgIpc) is 2.92. The summed E-state index contributed by atoms with van der Waals surface area (Å²) < 4.78 is 22.2. The Morgan fingerprint density at radius 3 is 2.47 bits per heavy atom. The number of hydrogen-bond acceptors (Lipinski definition) is 7. The van der Waals surface area contributed by atoms with Gasteiger partial charge in [-0.2, -0.15) is 4.98 Å². The number of hydrogen-bond donors (Lipinski definition) is 0. The summed E-state index contributed by atoms with van der Waals surface area (Å²) in [5.41, 5.74) is 2.30. The Labute approximate surface area is 215 Å². The van der Waals surface area contributed by atoms with Gasteiger partial charge in [0.15, 0.2) is 11.9 Å². The summed E-state index contributed by atoms with van der Waals surface area (Å²) in [4.78, 5) is 21.5. The van der Waals surface area contributed by atoms with Crippen LogP contribution in [0.4, 0.5) is 0 Å². The fourth-order valence-corrected chi connectivity index (χ4v) is 3.87. The summed E-state index contributed by atoms with van der Waals surface area (Å²) in [5.74, 6) is 1.26. The van der Waals surface area contributed by atoms with Crippen LogP contribution in [-0.4, -0.2) is 43.4 Å². The molecule has 8 heteroatoms. The van der Waals surface area contributed by atoms with Crippen molar-refractivity contribution >= 4 is 28.5 Å². The molecule has 1 heterocycles. The molecule has 0 fully saturated rings. The van der Waals surface area contributed by atoms with E-state index in [0.29, 0.717) is 48.5 Å². The number of ether oxygens (including phenoxy) is 4. The van der Waals surface area contributed by atoms with Crippen molar-refractivity contribution in [3.05, 3.63) is 83.4 Å². The van der Waals surface area contributed by atoms with Crippen LogP contribution in [-0.2, 0) is 14.3 Å². The minimum atomic E-state index is -0.754. The van der Waals surface area contributed by atoms with E-state index in [1.807, 2.05) is 66.7 Å². The van der Waals surface area contributed by atoms with Gasteiger partial charge in [-0.05, 0) is 48.7 Å². The second-order valence-electron chi connectivity index (χ2n) is 7.99. The van der Waals surface area contributed by atoms with Gasteiger partial charge in [-0.1, -0.05) is 54.1 Å². The number of carbonyl (C=O) groups is 1. The summed E-state index contributed by atoms with van der Waals surface area (Å²) in [6.45, 7) is 0.792. The van der Waals surface area contributed by atoms with Crippen molar-refractivity contribution in [1.29, 1.82) is 0 Å². The van der Waals surface area contributed by atoms with Gasteiger partial charge in [-0.3, -0.25) is 0 Å². The second-order valence-corrected chi connectivity index (χ2v) is 8.42. The molecule has 0 aliphatic carbocycles. The molecule has 0 saturated carbocycles. The molecule has 0 amide bonds. The van der Waals surface area contributed by atoms with Crippen molar-refractivity contribution in [2.75, 3.05) is 27.4 Å². The van der Waals surface area contributed by atoms with E-state index in [-0.39, 0.29) is 0 Å². The lowest BCUT2D eigenvalue weighted by Crippen LogP contribution is -2.18. The summed E-state index contributed by atoms with van der Waals surface area (Å²) in [7, 11) is 2.97. The van der Waals surface area contributed by atoms with E-state index in [0.717, 1.165) is 22.0 Å². The third-order valence-electron chi connectivity index (χ3n) is 5.53. The maximum Gasteiger partial charge on any atom is 0.339 e. The van der Waals surface area contributed by atoms with Crippen molar-refractivity contribution < 1.29 is 23.7 Å². The first kappa shape index (κ1) is 25.4. The van der Waals surface area contributed by atoms with Gasteiger partial charge in [-0.25, -0.2) is 9.78 Å². The number of nitrogens with zero attached hydrogens (tertiary/aromatic N) is 2. The van der Waals surface area contributed by atoms with Gasteiger partial charge in [-0.15, -0.1) is 0 Å². The van der Waals surface area contributed by atoms with E-state index >= 15 is 0 Å². The second kappa shape index (κ2) is 12.3. The number of carbonyl (C=O) groups excluding carboxylic acids is 1. The van der Waals surface area contributed by atoms with Crippen molar-refractivity contribution in [2.24, 2.45) is 0 Å². The molecule has 186 valence electrons. The Morgan fingerprint density at radius 1 is 0.917 bits per heavy atom. The van der Waals surface area contributed by atoms with Crippen molar-refractivity contribution in [1.82, 2.24) is 9.97 Å². The summed E-state index contributed by atoms with van der Waals surface area (Å²) >= 11 is 6.17. The number of unbranched alkanes of at least 4 members (excludes halogenated alkanes) is 1. The number of benzene rings is 3. The number of aromatic nitrogens is 2. The molecule has 0 aliphatic heterocycles. The van der Waals surface area contributed by atoms with Crippen molar-refractivity contribution in [3.8, 4) is 23.0 Å². The molecule has 0 saturated heterocycles. The zero-order valence-corrected chi connectivity index (χ0v) is 20.9. The predicted octanol–water partition coefficient (Wildman–Crippen LogP) is 6.05. The number of esters is 1. The van der Waals surface area contributed by atoms with E-state index in [1.165, 1.54) is 7.11 Å². The Bertz CT molecular complexity index is 1320. The molecule has 3 aromatic carbocycles. The van der Waals surface area contributed by atoms with E-state index in [1.54, 1.807) is 13.2 Å². The molecule has 7 nitrogen and oxygen atoms in total. The smallest absolute Gasteiger partial charge is 0.339 e. The predicted molar refractivity (Wildman–Crippen MR) is 138 cm³/mol.